The third-order valence-electron chi connectivity index (χ3n) is 3.53. The average Bonchev–Trinajstić information content (AvgIpc) is 2.42. The molecule has 108 valence electrons. The Kier molecular flexibility index (Phi) is 3.82. The molecule has 1 fully saturated rings. The molecular formula is C11H19F3O3S. The second-order valence-corrected chi connectivity index (χ2v) is 7.64. The van der Waals surface area contributed by atoms with Gasteiger partial charge >= 0.3 is 15.6 Å². The van der Waals surface area contributed by atoms with Crippen LogP contribution in [0.25, 0.3) is 0 Å². The van der Waals surface area contributed by atoms with Crippen LogP contribution < -0.4 is 0 Å². The molecule has 7 heteroatoms. The Morgan fingerprint density at radius 2 is 1.72 bits per heavy atom. The lowest BCUT2D eigenvalue weighted by atomic mass is 9.73. The van der Waals surface area contributed by atoms with Crippen LogP contribution in [0.1, 0.15) is 47.0 Å². The summed E-state index contributed by atoms with van der Waals surface area (Å²) in [6.45, 7) is 7.10. The molecule has 1 saturated carbocycles. The molecule has 0 amide bonds. The van der Waals surface area contributed by atoms with Gasteiger partial charge in [-0.25, -0.2) is 0 Å². The molecule has 2 unspecified atom stereocenters. The van der Waals surface area contributed by atoms with E-state index < -0.39 is 21.2 Å². The first kappa shape index (κ1) is 15.8. The van der Waals surface area contributed by atoms with Crippen molar-refractivity contribution in [2.24, 2.45) is 11.3 Å². The highest BCUT2D eigenvalue weighted by molar-refractivity contribution is 7.87. The van der Waals surface area contributed by atoms with Crippen LogP contribution in [0.4, 0.5) is 13.2 Å². The van der Waals surface area contributed by atoms with Gasteiger partial charge in [0, 0.05) is 0 Å². The zero-order chi connectivity index (χ0) is 14.4. The fourth-order valence-electron chi connectivity index (χ4n) is 2.88. The second-order valence-electron chi connectivity index (χ2n) is 6.11. The molecule has 0 N–H and O–H groups in total. The quantitative estimate of drug-likeness (QED) is 0.577. The molecule has 0 aliphatic heterocycles. The topological polar surface area (TPSA) is 43.4 Å². The summed E-state index contributed by atoms with van der Waals surface area (Å²) < 4.78 is 63.9. The van der Waals surface area contributed by atoms with Gasteiger partial charge in [0.1, 0.15) is 0 Å². The molecular weight excluding hydrogens is 269 g/mol. The highest BCUT2D eigenvalue weighted by Gasteiger charge is 2.55. The van der Waals surface area contributed by atoms with Crippen LogP contribution in [0, 0.1) is 11.3 Å². The van der Waals surface area contributed by atoms with Crippen LogP contribution in [-0.4, -0.2) is 19.5 Å². The Morgan fingerprint density at radius 3 is 2.11 bits per heavy atom. The number of hydrogen-bond donors (Lipinski definition) is 0. The summed E-state index contributed by atoms with van der Waals surface area (Å²) in [7, 11) is -5.53. The van der Waals surface area contributed by atoms with Crippen molar-refractivity contribution in [2.75, 3.05) is 0 Å². The fourth-order valence-corrected chi connectivity index (χ4v) is 3.68. The van der Waals surface area contributed by atoms with Gasteiger partial charge in [-0.3, -0.25) is 4.18 Å². The van der Waals surface area contributed by atoms with Gasteiger partial charge in [-0.1, -0.05) is 27.2 Å². The molecule has 18 heavy (non-hydrogen) atoms. The van der Waals surface area contributed by atoms with Gasteiger partial charge in [-0.15, -0.1) is 0 Å². The summed E-state index contributed by atoms with van der Waals surface area (Å²) >= 11 is 0. The highest BCUT2D eigenvalue weighted by atomic mass is 32.2. The first-order valence-electron chi connectivity index (χ1n) is 5.81. The number of rotatable bonds is 2. The fraction of sp³-hybridized carbons (Fsp3) is 1.00. The van der Waals surface area contributed by atoms with Gasteiger partial charge in [-0.2, -0.15) is 21.6 Å². The maximum absolute atomic E-state index is 12.4. The Bertz CT molecular complexity index is 408. The molecule has 0 aromatic carbocycles. The van der Waals surface area contributed by atoms with Crippen molar-refractivity contribution in [3.8, 4) is 0 Å². The third-order valence-corrected chi connectivity index (χ3v) is 4.70. The lowest BCUT2D eigenvalue weighted by molar-refractivity contribution is -0.0742. The largest absolute Gasteiger partial charge is 0.523 e. The van der Waals surface area contributed by atoms with Crippen LogP contribution >= 0.6 is 0 Å². The monoisotopic (exact) mass is 288 g/mol. The van der Waals surface area contributed by atoms with Gasteiger partial charge in [0.25, 0.3) is 0 Å². The third kappa shape index (κ3) is 2.99. The molecule has 0 aromatic rings. The van der Waals surface area contributed by atoms with E-state index in [1.54, 1.807) is 0 Å². The minimum Gasteiger partial charge on any atom is -0.256 e. The van der Waals surface area contributed by atoms with Crippen molar-refractivity contribution in [2.45, 2.75) is 58.1 Å². The van der Waals surface area contributed by atoms with Crippen LogP contribution in [0.15, 0.2) is 0 Å². The van der Waals surface area contributed by atoms with Crippen LogP contribution in [0.2, 0.25) is 0 Å². The summed E-state index contributed by atoms with van der Waals surface area (Å²) in [6.07, 6.45) is 1.67. The summed E-state index contributed by atoms with van der Waals surface area (Å²) in [5.41, 5.74) is -6.93. The Labute approximate surface area is 106 Å². The number of alkyl halides is 3. The number of hydrogen-bond acceptors (Lipinski definition) is 3. The zero-order valence-corrected chi connectivity index (χ0v) is 11.8. The summed E-state index contributed by atoms with van der Waals surface area (Å²) in [5, 5.41) is 0. The molecule has 0 bridgehead atoms. The maximum atomic E-state index is 12.4. The van der Waals surface area contributed by atoms with Crippen molar-refractivity contribution in [1.29, 1.82) is 0 Å². The first-order chi connectivity index (χ1) is 7.80. The van der Waals surface area contributed by atoms with Crippen molar-refractivity contribution >= 4 is 10.1 Å². The Morgan fingerprint density at radius 1 is 1.22 bits per heavy atom. The zero-order valence-electron chi connectivity index (χ0n) is 11.0. The molecule has 1 aliphatic rings. The van der Waals surface area contributed by atoms with Gasteiger partial charge in [0.15, 0.2) is 0 Å². The van der Waals surface area contributed by atoms with Crippen LogP contribution in [0.3, 0.4) is 0 Å². The lowest BCUT2D eigenvalue weighted by Gasteiger charge is -2.39. The molecule has 0 radical (unpaired) electrons. The van der Waals surface area contributed by atoms with Crippen LogP contribution in [0.5, 0.6) is 0 Å². The van der Waals surface area contributed by atoms with E-state index in [4.69, 9.17) is 0 Å². The normalized spacial score (nSPS) is 30.7. The maximum Gasteiger partial charge on any atom is 0.523 e. The van der Waals surface area contributed by atoms with Crippen molar-refractivity contribution < 1.29 is 25.8 Å². The van der Waals surface area contributed by atoms with E-state index in [1.165, 1.54) is 6.92 Å². The van der Waals surface area contributed by atoms with Crippen molar-refractivity contribution in [1.82, 2.24) is 0 Å². The smallest absolute Gasteiger partial charge is 0.256 e. The summed E-state index contributed by atoms with van der Waals surface area (Å²) in [4.78, 5) is 0. The highest BCUT2D eigenvalue weighted by Crippen LogP contribution is 2.49. The minimum atomic E-state index is -5.53. The van der Waals surface area contributed by atoms with E-state index in [2.05, 4.69) is 4.18 Å². The van der Waals surface area contributed by atoms with E-state index in [1.807, 2.05) is 20.8 Å². The molecule has 3 nitrogen and oxygen atoms in total. The van der Waals surface area contributed by atoms with Gasteiger partial charge in [0.05, 0.1) is 5.60 Å². The van der Waals surface area contributed by atoms with Gasteiger partial charge in [-0.05, 0) is 31.1 Å². The first-order valence-corrected chi connectivity index (χ1v) is 7.22. The minimum absolute atomic E-state index is 0.220. The van der Waals surface area contributed by atoms with Gasteiger partial charge in [0.2, 0.25) is 0 Å². The molecule has 0 spiro atoms. The average molecular weight is 288 g/mol. The molecule has 0 aromatic heterocycles. The van der Waals surface area contributed by atoms with E-state index >= 15 is 0 Å². The molecule has 2 atom stereocenters. The molecule has 0 saturated heterocycles. The standard InChI is InChI=1S/C11H19F3O3S/c1-9(2,3)8-6-5-7-10(8,4)17-18(15,16)11(12,13)14/h8H,5-7H2,1-4H3. The second kappa shape index (κ2) is 4.37. The predicted octanol–water partition coefficient (Wildman–Crippen LogP) is 3.46. The summed E-state index contributed by atoms with van der Waals surface area (Å²) in [6, 6.07) is 0. The number of halogens is 3. The predicted molar refractivity (Wildman–Crippen MR) is 61.3 cm³/mol. The van der Waals surface area contributed by atoms with E-state index in [9.17, 15) is 21.6 Å². The SMILES string of the molecule is CC(C)(C)C1CCCC1(C)OS(=O)(=O)C(F)(F)F. The molecule has 1 aliphatic carbocycles. The Hall–Kier alpha value is -0.300. The van der Waals surface area contributed by atoms with Crippen molar-refractivity contribution in [3.63, 3.8) is 0 Å². The van der Waals surface area contributed by atoms with Crippen LogP contribution in [-0.2, 0) is 14.3 Å². The lowest BCUT2D eigenvalue weighted by Crippen LogP contribution is -2.44. The van der Waals surface area contributed by atoms with E-state index in [0.29, 0.717) is 19.3 Å². The summed E-state index contributed by atoms with van der Waals surface area (Å²) in [5.74, 6) is -0.220. The van der Waals surface area contributed by atoms with Crippen molar-refractivity contribution in [3.05, 3.63) is 0 Å². The Balaban J connectivity index is 3.02. The molecule has 1 rings (SSSR count). The molecule has 0 heterocycles. The van der Waals surface area contributed by atoms with Gasteiger partial charge < -0.3 is 0 Å². The van der Waals surface area contributed by atoms with E-state index in [-0.39, 0.29) is 11.3 Å². The van der Waals surface area contributed by atoms with E-state index in [0.717, 1.165) is 0 Å².